The molecule has 2 aromatic heterocycles. The van der Waals surface area contributed by atoms with Gasteiger partial charge in [-0.1, -0.05) is 24.3 Å². The van der Waals surface area contributed by atoms with Gasteiger partial charge in [-0.05, 0) is 34.9 Å². The number of hydrogen-bond acceptors (Lipinski definition) is 10. The quantitative estimate of drug-likeness (QED) is 0.0638. The molecule has 4 aromatic rings. The number of nitrogens with zero attached hydrogens (tertiary/aromatic N) is 6. The molecule has 0 saturated heterocycles. The van der Waals surface area contributed by atoms with Crippen LogP contribution in [0.2, 0.25) is 0 Å². The van der Waals surface area contributed by atoms with Crippen molar-refractivity contribution in [2.45, 2.75) is 0 Å². The molecule has 0 saturated carbocycles. The van der Waals surface area contributed by atoms with Gasteiger partial charge < -0.3 is 10.1 Å². The molecule has 4 rings (SSSR count). The Morgan fingerprint density at radius 1 is 1.00 bits per heavy atom. The van der Waals surface area contributed by atoms with Crippen molar-refractivity contribution in [3.63, 3.8) is 0 Å². The average Bonchev–Trinajstić information content (AvgIpc) is 3.38. The number of rotatable bonds is 2. The van der Waals surface area contributed by atoms with Crippen molar-refractivity contribution in [2.75, 3.05) is 0 Å². The third kappa shape index (κ3) is 7.34. The molecule has 2 heterocycles. The van der Waals surface area contributed by atoms with E-state index in [0.717, 1.165) is 25.8 Å². The fourth-order valence-electron chi connectivity index (χ4n) is 2.08. The second-order valence-corrected chi connectivity index (χ2v) is 7.08. The zero-order valence-electron chi connectivity index (χ0n) is 15.8. The van der Waals surface area contributed by atoms with Crippen molar-refractivity contribution in [1.82, 2.24) is 15.4 Å². The number of benzene rings is 2. The molecule has 15 heteroatoms. The van der Waals surface area contributed by atoms with E-state index in [0.29, 0.717) is 5.01 Å². The largest absolute Gasteiger partial charge is 1.00 e. The number of fused-ring (bicyclic) bond motifs is 2. The van der Waals surface area contributed by atoms with Crippen molar-refractivity contribution in [1.29, 1.82) is 0 Å². The normalized spacial score (nSPS) is 9.06. The summed E-state index contributed by atoms with van der Waals surface area (Å²) in [6.07, 6.45) is 0. The van der Waals surface area contributed by atoms with Crippen molar-refractivity contribution in [3.05, 3.63) is 79.1 Å². The number of hydrogen-bond donors (Lipinski definition) is 2. The zero-order chi connectivity index (χ0) is 21.9. The maximum absolute atomic E-state index is 11.1. The Hall–Kier alpha value is -2.97. The first kappa shape index (κ1) is 26.1. The van der Waals surface area contributed by atoms with Crippen LogP contribution in [-0.2, 0) is 0 Å². The molecule has 31 heavy (non-hydrogen) atoms. The minimum Gasteiger partial charge on any atom is -0.444 e. The van der Waals surface area contributed by atoms with Gasteiger partial charge in [0.05, 0.1) is 20.4 Å². The van der Waals surface area contributed by atoms with Gasteiger partial charge in [0.15, 0.2) is 10.0 Å². The fourth-order valence-corrected chi connectivity index (χ4v) is 3.79. The molecule has 0 aliphatic heterocycles. The van der Waals surface area contributed by atoms with Crippen LogP contribution in [0.4, 0.5) is 0 Å². The molecule has 152 valence electrons. The van der Waals surface area contributed by atoms with Gasteiger partial charge in [0.25, 0.3) is 11.8 Å². The first-order valence-electron chi connectivity index (χ1n) is 7.80. The number of thiazole rings is 2. The first-order chi connectivity index (χ1) is 14.5. The summed E-state index contributed by atoms with van der Waals surface area (Å²) in [5, 5.41) is 12.6. The molecule has 2 amide bonds. The third-order valence-electron chi connectivity index (χ3n) is 3.23. The molecular weight excluding hydrogens is 455 g/mol. The number of nitrogens with two attached hydrogens (primary N) is 1. The van der Waals surface area contributed by atoms with Crippen LogP contribution < -0.4 is 40.8 Å². The summed E-state index contributed by atoms with van der Waals surface area (Å²) in [6, 6.07) is 14.9. The molecular formula is C16H11N8NaO4S2. The molecule has 12 nitrogen and oxygen atoms in total. The molecule has 0 spiro atoms. The van der Waals surface area contributed by atoms with Crippen LogP contribution >= 0.6 is 22.7 Å². The standard InChI is InChI=1S/C8H4N4OS.C8H7N3OS.HNO2.Na/c9-12-11-7(13)8-10-5-3-1-2-4-6(5)14-8;9-11-7(12)8-10-5-3-1-2-4-6(5)13-8;2-1-3;/h1-4H;1-4H,9H2,(H,11,12);(H,2,3);/q;;;+1/p-1. The molecule has 0 aliphatic carbocycles. The number of azide groups is 1. The number of aromatic nitrogens is 2. The van der Waals surface area contributed by atoms with E-state index in [9.17, 15) is 9.59 Å². The van der Waals surface area contributed by atoms with E-state index in [-0.39, 0.29) is 40.5 Å². The van der Waals surface area contributed by atoms with Gasteiger partial charge in [-0.2, -0.15) is 0 Å². The van der Waals surface area contributed by atoms with Gasteiger partial charge in [-0.15, -0.1) is 28.0 Å². The summed E-state index contributed by atoms with van der Waals surface area (Å²) in [6.45, 7) is 0. The molecule has 0 radical (unpaired) electrons. The van der Waals surface area contributed by atoms with Crippen LogP contribution in [0.15, 0.2) is 59.0 Å². The van der Waals surface area contributed by atoms with Gasteiger partial charge in [-0.3, -0.25) is 15.0 Å². The van der Waals surface area contributed by atoms with E-state index in [1.54, 1.807) is 6.07 Å². The average molecular weight is 466 g/mol. The molecule has 3 N–H and O–H groups in total. The molecule has 0 fully saturated rings. The maximum Gasteiger partial charge on any atom is 1.00 e. The molecule has 2 aromatic carbocycles. The van der Waals surface area contributed by atoms with E-state index < -0.39 is 5.91 Å². The van der Waals surface area contributed by atoms with Crippen molar-refractivity contribution >= 4 is 54.9 Å². The summed E-state index contributed by atoms with van der Waals surface area (Å²) in [7, 11) is 0. The Kier molecular flexibility index (Phi) is 11.2. The van der Waals surface area contributed by atoms with Crippen molar-refractivity contribution in [3.8, 4) is 0 Å². The minimum atomic E-state index is -0.631. The Bertz CT molecular complexity index is 1170. The Morgan fingerprint density at radius 3 is 1.90 bits per heavy atom. The topological polar surface area (TPSA) is 199 Å². The van der Waals surface area contributed by atoms with Gasteiger partial charge in [0, 0.05) is 4.91 Å². The Morgan fingerprint density at radius 2 is 1.45 bits per heavy atom. The van der Waals surface area contributed by atoms with Crippen LogP contribution in [0.25, 0.3) is 30.9 Å². The van der Waals surface area contributed by atoms with Gasteiger partial charge in [-0.25, -0.2) is 15.8 Å². The second kappa shape index (κ2) is 13.4. The van der Waals surface area contributed by atoms with Crippen LogP contribution in [0.1, 0.15) is 19.6 Å². The van der Waals surface area contributed by atoms with Gasteiger partial charge in [0.1, 0.15) is 0 Å². The predicted molar refractivity (Wildman–Crippen MR) is 114 cm³/mol. The van der Waals surface area contributed by atoms with Crippen LogP contribution in [0.5, 0.6) is 0 Å². The number of hydrazine groups is 1. The van der Waals surface area contributed by atoms with E-state index in [1.165, 1.54) is 22.7 Å². The number of carbonyl (C=O) groups is 2. The maximum atomic E-state index is 11.1. The number of amides is 2. The van der Waals surface area contributed by atoms with Crippen LogP contribution in [0.3, 0.4) is 0 Å². The summed E-state index contributed by atoms with van der Waals surface area (Å²) in [5.41, 5.74) is 11.7. The Labute approximate surface area is 203 Å². The number of nitrogens with one attached hydrogen (secondary N) is 1. The van der Waals surface area contributed by atoms with E-state index in [4.69, 9.17) is 21.5 Å². The SMILES string of the molecule is NNC(=O)c1nc2ccccc2s1.O=N[O-].[N-]=[N+]=NC(=O)c1nc2ccccc2s1.[Na+]. The van der Waals surface area contributed by atoms with Crippen molar-refractivity contribution in [2.24, 2.45) is 16.3 Å². The summed E-state index contributed by atoms with van der Waals surface area (Å²) >= 11 is 2.55. The summed E-state index contributed by atoms with van der Waals surface area (Å²) in [4.78, 5) is 40.8. The Balaban J connectivity index is 0.000000268. The molecule has 0 bridgehead atoms. The number of nitrogen functional groups attached to an aromatic ring is 1. The van der Waals surface area contributed by atoms with E-state index >= 15 is 0 Å². The second-order valence-electron chi connectivity index (χ2n) is 5.02. The van der Waals surface area contributed by atoms with Gasteiger partial charge in [0.2, 0.25) is 0 Å². The zero-order valence-corrected chi connectivity index (χ0v) is 19.5. The summed E-state index contributed by atoms with van der Waals surface area (Å²) in [5.74, 6) is 4.02. The number of carbonyl (C=O) groups excluding carboxylic acids is 2. The molecule has 0 unspecified atom stereocenters. The monoisotopic (exact) mass is 466 g/mol. The first-order valence-corrected chi connectivity index (χ1v) is 9.43. The minimum absolute atomic E-state index is 0. The van der Waals surface area contributed by atoms with Crippen LogP contribution in [0, 0.1) is 10.1 Å². The third-order valence-corrected chi connectivity index (χ3v) is 5.29. The van der Waals surface area contributed by atoms with Crippen LogP contribution in [-0.4, -0.2) is 21.8 Å². The van der Waals surface area contributed by atoms with Gasteiger partial charge >= 0.3 is 29.6 Å². The smallest absolute Gasteiger partial charge is 0.444 e. The van der Waals surface area contributed by atoms with E-state index in [1.807, 2.05) is 42.5 Å². The fraction of sp³-hybridized carbons (Fsp3) is 0. The predicted octanol–water partition coefficient (Wildman–Crippen LogP) is 0.901. The molecule has 0 atom stereocenters. The summed E-state index contributed by atoms with van der Waals surface area (Å²) < 4.78 is 1.89. The van der Waals surface area contributed by atoms with Crippen molar-refractivity contribution < 1.29 is 39.1 Å². The molecule has 0 aliphatic rings. The number of para-hydroxylation sites is 2. The van der Waals surface area contributed by atoms with E-state index in [2.05, 4.69) is 25.4 Å².